The van der Waals surface area contributed by atoms with Gasteiger partial charge in [0.05, 0.1) is 24.2 Å². The number of benzene rings is 2. The van der Waals surface area contributed by atoms with Gasteiger partial charge in [-0.1, -0.05) is 6.07 Å². The SMILES string of the molecule is CCOc1ccc2[nH]c(=O)c(CN(Cc3cccs3)S(=O)(=O)c3ccc(C(=O)OC)cc3)cc2c1. The number of esters is 1. The summed E-state index contributed by atoms with van der Waals surface area (Å²) in [5, 5.41) is 2.60. The molecule has 10 heteroatoms. The molecule has 0 unspecified atom stereocenters. The maximum Gasteiger partial charge on any atom is 0.337 e. The first-order valence-corrected chi connectivity index (χ1v) is 13.1. The van der Waals surface area contributed by atoms with Crippen LogP contribution in [0.5, 0.6) is 5.75 Å². The molecule has 4 aromatic rings. The maximum atomic E-state index is 13.6. The van der Waals surface area contributed by atoms with Crippen LogP contribution in [0, 0.1) is 0 Å². The van der Waals surface area contributed by atoms with Crippen LogP contribution in [0.2, 0.25) is 0 Å². The predicted octanol–water partition coefficient (Wildman–Crippen LogP) is 4.17. The lowest BCUT2D eigenvalue weighted by Crippen LogP contribution is -2.32. The summed E-state index contributed by atoms with van der Waals surface area (Å²) in [5.41, 5.74) is 0.812. The van der Waals surface area contributed by atoms with E-state index >= 15 is 0 Å². The number of aromatic amines is 1. The van der Waals surface area contributed by atoms with E-state index in [2.05, 4.69) is 9.72 Å². The fourth-order valence-corrected chi connectivity index (χ4v) is 5.82. The van der Waals surface area contributed by atoms with Crippen molar-refractivity contribution in [2.75, 3.05) is 13.7 Å². The molecule has 1 N–H and O–H groups in total. The minimum atomic E-state index is -4.00. The van der Waals surface area contributed by atoms with E-state index in [-0.39, 0.29) is 29.1 Å². The predicted molar refractivity (Wildman–Crippen MR) is 134 cm³/mol. The van der Waals surface area contributed by atoms with Crippen LogP contribution in [0.3, 0.4) is 0 Å². The van der Waals surface area contributed by atoms with Gasteiger partial charge in [-0.2, -0.15) is 4.31 Å². The smallest absolute Gasteiger partial charge is 0.337 e. The Morgan fingerprint density at radius 3 is 2.49 bits per heavy atom. The van der Waals surface area contributed by atoms with Crippen LogP contribution in [0.1, 0.15) is 27.7 Å². The number of H-pyrrole nitrogens is 1. The van der Waals surface area contributed by atoms with Crippen molar-refractivity contribution < 1.29 is 22.7 Å². The van der Waals surface area contributed by atoms with Gasteiger partial charge in [-0.25, -0.2) is 13.2 Å². The Morgan fingerprint density at radius 1 is 1.06 bits per heavy atom. The second-order valence-electron chi connectivity index (χ2n) is 7.67. The Balaban J connectivity index is 1.72. The van der Waals surface area contributed by atoms with Gasteiger partial charge in [0, 0.05) is 34.4 Å². The monoisotopic (exact) mass is 512 g/mol. The zero-order chi connectivity index (χ0) is 25.0. The van der Waals surface area contributed by atoms with E-state index in [1.54, 1.807) is 18.2 Å². The first-order valence-electron chi connectivity index (χ1n) is 10.8. The molecule has 8 nitrogen and oxygen atoms in total. The van der Waals surface area contributed by atoms with Crippen molar-refractivity contribution in [3.63, 3.8) is 0 Å². The largest absolute Gasteiger partial charge is 0.494 e. The molecule has 2 aromatic heterocycles. The molecule has 182 valence electrons. The molecule has 0 atom stereocenters. The molecule has 0 aliphatic rings. The standard InChI is InChI=1S/C25H24N2O6S2/c1-3-33-20-8-11-23-18(14-20)13-19(24(28)26-23)15-27(16-21-5-4-12-34-21)35(30,31)22-9-6-17(7-10-22)25(29)32-2/h4-14H,3,15-16H2,1-2H3,(H,26,28). The molecule has 35 heavy (non-hydrogen) atoms. The Labute approximate surface area is 206 Å². The van der Waals surface area contributed by atoms with E-state index in [9.17, 15) is 18.0 Å². The summed E-state index contributed by atoms with van der Waals surface area (Å²) >= 11 is 1.43. The van der Waals surface area contributed by atoms with Crippen LogP contribution in [0.4, 0.5) is 0 Å². The summed E-state index contributed by atoms with van der Waals surface area (Å²) in [6, 6.07) is 16.2. The number of hydrogen-bond acceptors (Lipinski definition) is 7. The topological polar surface area (TPSA) is 106 Å². The minimum Gasteiger partial charge on any atom is -0.494 e. The summed E-state index contributed by atoms with van der Waals surface area (Å²) in [7, 11) is -2.74. The Kier molecular flexibility index (Phi) is 7.34. The van der Waals surface area contributed by atoms with Crippen molar-refractivity contribution in [3.05, 3.63) is 92.4 Å². The number of sulfonamides is 1. The molecular formula is C25H24N2O6S2. The number of hydrogen-bond donors (Lipinski definition) is 1. The zero-order valence-corrected chi connectivity index (χ0v) is 20.8. The number of ether oxygens (including phenoxy) is 2. The fraction of sp³-hybridized carbons (Fsp3) is 0.200. The minimum absolute atomic E-state index is 0.0116. The molecular weight excluding hydrogens is 488 g/mol. The molecule has 0 aliphatic heterocycles. The highest BCUT2D eigenvalue weighted by molar-refractivity contribution is 7.89. The molecule has 2 aromatic carbocycles. The normalized spacial score (nSPS) is 11.6. The molecule has 4 rings (SSSR count). The highest BCUT2D eigenvalue weighted by Crippen LogP contribution is 2.25. The lowest BCUT2D eigenvalue weighted by atomic mass is 10.1. The van der Waals surface area contributed by atoms with Gasteiger partial charge in [-0.05, 0) is 66.9 Å². The van der Waals surface area contributed by atoms with Gasteiger partial charge >= 0.3 is 5.97 Å². The average Bonchev–Trinajstić information content (AvgIpc) is 3.37. The Bertz CT molecular complexity index is 1490. The average molecular weight is 513 g/mol. The van der Waals surface area contributed by atoms with E-state index in [1.807, 2.05) is 30.5 Å². The molecule has 0 aliphatic carbocycles. The van der Waals surface area contributed by atoms with Crippen LogP contribution in [0.25, 0.3) is 10.9 Å². The van der Waals surface area contributed by atoms with Crippen LogP contribution < -0.4 is 10.3 Å². The quantitative estimate of drug-likeness (QED) is 0.338. The van der Waals surface area contributed by atoms with Gasteiger partial charge in [0.15, 0.2) is 0 Å². The number of carbonyl (C=O) groups is 1. The highest BCUT2D eigenvalue weighted by atomic mass is 32.2. The Hall–Kier alpha value is -3.47. The highest BCUT2D eigenvalue weighted by Gasteiger charge is 2.27. The van der Waals surface area contributed by atoms with E-state index < -0.39 is 16.0 Å². The van der Waals surface area contributed by atoms with Crippen LogP contribution in [-0.2, 0) is 27.8 Å². The van der Waals surface area contributed by atoms with E-state index in [4.69, 9.17) is 4.74 Å². The van der Waals surface area contributed by atoms with Crippen molar-refractivity contribution in [2.24, 2.45) is 0 Å². The van der Waals surface area contributed by atoms with Crippen molar-refractivity contribution in [1.82, 2.24) is 9.29 Å². The molecule has 0 saturated heterocycles. The number of pyridine rings is 1. The van der Waals surface area contributed by atoms with Crippen molar-refractivity contribution in [3.8, 4) is 5.75 Å². The van der Waals surface area contributed by atoms with E-state index in [0.29, 0.717) is 23.4 Å². The van der Waals surface area contributed by atoms with Gasteiger partial charge in [-0.15, -0.1) is 11.3 Å². The van der Waals surface area contributed by atoms with Gasteiger partial charge in [0.1, 0.15) is 5.75 Å². The third-order valence-electron chi connectivity index (χ3n) is 5.38. The second kappa shape index (κ2) is 10.4. The Morgan fingerprint density at radius 2 is 1.83 bits per heavy atom. The van der Waals surface area contributed by atoms with Crippen molar-refractivity contribution in [2.45, 2.75) is 24.9 Å². The summed E-state index contributed by atoms with van der Waals surface area (Å²) < 4.78 is 38.7. The van der Waals surface area contributed by atoms with Gasteiger partial charge in [0.2, 0.25) is 10.0 Å². The third kappa shape index (κ3) is 5.45. The summed E-state index contributed by atoms with van der Waals surface area (Å²) in [6.07, 6.45) is 0. The van der Waals surface area contributed by atoms with Crippen LogP contribution in [-0.4, -0.2) is 37.4 Å². The molecule has 0 spiro atoms. The van der Waals surface area contributed by atoms with Crippen LogP contribution in [0.15, 0.2) is 75.7 Å². The van der Waals surface area contributed by atoms with Crippen molar-refractivity contribution >= 4 is 38.2 Å². The molecule has 0 fully saturated rings. The zero-order valence-electron chi connectivity index (χ0n) is 19.2. The van der Waals surface area contributed by atoms with Gasteiger partial charge < -0.3 is 14.5 Å². The van der Waals surface area contributed by atoms with E-state index in [1.165, 1.54) is 47.0 Å². The molecule has 0 amide bonds. The number of thiophene rings is 1. The number of fused-ring (bicyclic) bond motifs is 1. The number of aromatic nitrogens is 1. The first kappa shape index (κ1) is 24.6. The lowest BCUT2D eigenvalue weighted by molar-refractivity contribution is 0.0600. The number of carbonyl (C=O) groups excluding carboxylic acids is 1. The molecule has 2 heterocycles. The number of nitrogens with zero attached hydrogens (tertiary/aromatic N) is 1. The lowest BCUT2D eigenvalue weighted by Gasteiger charge is -2.22. The molecule has 0 radical (unpaired) electrons. The molecule has 0 bridgehead atoms. The maximum absolute atomic E-state index is 13.6. The fourth-order valence-electron chi connectivity index (χ4n) is 3.63. The van der Waals surface area contributed by atoms with E-state index in [0.717, 1.165) is 10.3 Å². The number of rotatable bonds is 9. The van der Waals surface area contributed by atoms with Gasteiger partial charge in [-0.3, -0.25) is 4.79 Å². The first-order chi connectivity index (χ1) is 16.8. The number of methoxy groups -OCH3 is 1. The van der Waals surface area contributed by atoms with Crippen molar-refractivity contribution in [1.29, 1.82) is 0 Å². The summed E-state index contributed by atoms with van der Waals surface area (Å²) in [6.45, 7) is 2.34. The third-order valence-corrected chi connectivity index (χ3v) is 8.04. The number of nitrogens with one attached hydrogen (secondary N) is 1. The summed E-state index contributed by atoms with van der Waals surface area (Å²) in [5.74, 6) is 0.102. The van der Waals surface area contributed by atoms with Gasteiger partial charge in [0.25, 0.3) is 5.56 Å². The van der Waals surface area contributed by atoms with Crippen LogP contribution >= 0.6 is 11.3 Å². The second-order valence-corrected chi connectivity index (χ2v) is 10.6. The molecule has 0 saturated carbocycles. The summed E-state index contributed by atoms with van der Waals surface area (Å²) in [4.78, 5) is 28.3.